The van der Waals surface area contributed by atoms with E-state index in [2.05, 4.69) is 6.07 Å². The van der Waals surface area contributed by atoms with Crippen molar-refractivity contribution >= 4 is 5.69 Å². The van der Waals surface area contributed by atoms with Crippen molar-refractivity contribution < 1.29 is 4.74 Å². The molecule has 2 rings (SSSR count). The first-order chi connectivity index (χ1) is 9.58. The van der Waals surface area contributed by atoms with E-state index >= 15 is 0 Å². The Labute approximate surface area is 118 Å². The van der Waals surface area contributed by atoms with Crippen molar-refractivity contribution in [2.24, 2.45) is 0 Å². The largest absolute Gasteiger partial charge is 0.393 e. The predicted molar refractivity (Wildman–Crippen MR) is 79.8 cm³/mol. The van der Waals surface area contributed by atoms with Gasteiger partial charge in [0.15, 0.2) is 0 Å². The van der Waals surface area contributed by atoms with Crippen LogP contribution in [0.15, 0.2) is 29.1 Å². The molecule has 2 N–H and O–H groups in total. The summed E-state index contributed by atoms with van der Waals surface area (Å²) >= 11 is 0. The lowest BCUT2D eigenvalue weighted by Gasteiger charge is -2.13. The smallest absolute Gasteiger partial charge is 0.290 e. The number of nitrogen functional groups attached to an aromatic ring is 1. The molecule has 0 atom stereocenters. The van der Waals surface area contributed by atoms with E-state index in [4.69, 9.17) is 10.5 Å². The second-order valence-electron chi connectivity index (χ2n) is 4.86. The minimum Gasteiger partial charge on any atom is -0.393 e. The first kappa shape index (κ1) is 14.4. The highest BCUT2D eigenvalue weighted by Gasteiger charge is 2.16. The maximum atomic E-state index is 12.3. The second-order valence-corrected chi connectivity index (χ2v) is 4.86. The minimum absolute atomic E-state index is 0.152. The van der Waals surface area contributed by atoms with Gasteiger partial charge >= 0.3 is 0 Å². The average molecular weight is 275 g/mol. The Morgan fingerprint density at radius 1 is 1.30 bits per heavy atom. The van der Waals surface area contributed by atoms with Gasteiger partial charge in [-0.05, 0) is 19.4 Å². The molecule has 1 aromatic carbocycles. The molecule has 2 aromatic rings. The molecule has 0 radical (unpaired) electrons. The summed E-state index contributed by atoms with van der Waals surface area (Å²) in [6.45, 7) is 5.57. The van der Waals surface area contributed by atoms with Gasteiger partial charge in [-0.25, -0.2) is 4.68 Å². The fraction of sp³-hybridized carbons (Fsp3) is 0.400. The van der Waals surface area contributed by atoms with Gasteiger partial charge in [0.25, 0.3) is 5.56 Å². The van der Waals surface area contributed by atoms with E-state index in [9.17, 15) is 4.79 Å². The number of nitrogens with zero attached hydrogens (tertiary/aromatic N) is 2. The van der Waals surface area contributed by atoms with E-state index in [0.717, 1.165) is 11.3 Å². The summed E-state index contributed by atoms with van der Waals surface area (Å²) in [5, 5.41) is 0. The van der Waals surface area contributed by atoms with Crippen molar-refractivity contribution in [3.05, 3.63) is 51.4 Å². The van der Waals surface area contributed by atoms with Crippen LogP contribution in [0.1, 0.15) is 23.7 Å². The Balaban J connectivity index is 2.46. The highest BCUT2D eigenvalue weighted by Crippen LogP contribution is 2.12. The number of aromatic nitrogens is 2. The van der Waals surface area contributed by atoms with Gasteiger partial charge in [0.2, 0.25) is 0 Å². The SMILES string of the molecule is CCn1c(COC)c(N)c(=O)n1Cc1cccc(C)c1. The number of benzene rings is 1. The molecule has 5 heteroatoms. The van der Waals surface area contributed by atoms with Crippen LogP contribution in [0.5, 0.6) is 0 Å². The van der Waals surface area contributed by atoms with Gasteiger partial charge in [-0.2, -0.15) is 0 Å². The number of hydrogen-bond donors (Lipinski definition) is 1. The molecule has 0 saturated carbocycles. The fourth-order valence-corrected chi connectivity index (χ4v) is 2.45. The average Bonchev–Trinajstić information content (AvgIpc) is 2.64. The molecule has 1 heterocycles. The number of ether oxygens (including phenoxy) is 1. The summed E-state index contributed by atoms with van der Waals surface area (Å²) in [7, 11) is 1.60. The summed E-state index contributed by atoms with van der Waals surface area (Å²) < 4.78 is 8.71. The molecular weight excluding hydrogens is 254 g/mol. The quantitative estimate of drug-likeness (QED) is 0.904. The zero-order valence-electron chi connectivity index (χ0n) is 12.2. The number of hydrogen-bond acceptors (Lipinski definition) is 3. The molecule has 0 saturated heterocycles. The molecule has 0 aliphatic carbocycles. The van der Waals surface area contributed by atoms with Gasteiger partial charge in [0.05, 0.1) is 18.8 Å². The minimum atomic E-state index is -0.152. The van der Waals surface area contributed by atoms with Crippen molar-refractivity contribution in [2.45, 2.75) is 33.5 Å². The van der Waals surface area contributed by atoms with Crippen molar-refractivity contribution in [3.8, 4) is 0 Å². The Kier molecular flexibility index (Phi) is 4.29. The first-order valence-corrected chi connectivity index (χ1v) is 6.70. The summed E-state index contributed by atoms with van der Waals surface area (Å²) in [5.41, 5.74) is 9.05. The van der Waals surface area contributed by atoms with Crippen molar-refractivity contribution in [2.75, 3.05) is 12.8 Å². The summed E-state index contributed by atoms with van der Waals surface area (Å²) in [4.78, 5) is 12.3. The third kappa shape index (κ3) is 2.63. The lowest BCUT2D eigenvalue weighted by atomic mass is 10.1. The van der Waals surface area contributed by atoms with Gasteiger partial charge < -0.3 is 10.5 Å². The number of methoxy groups -OCH3 is 1. The van der Waals surface area contributed by atoms with Crippen molar-refractivity contribution in [3.63, 3.8) is 0 Å². The molecule has 1 aromatic heterocycles. The van der Waals surface area contributed by atoms with Crippen LogP contribution in [0.2, 0.25) is 0 Å². The number of rotatable bonds is 5. The van der Waals surface area contributed by atoms with E-state index in [-0.39, 0.29) is 11.2 Å². The van der Waals surface area contributed by atoms with Crippen LogP contribution in [0.4, 0.5) is 5.69 Å². The molecular formula is C15H21N3O2. The van der Waals surface area contributed by atoms with E-state index in [1.807, 2.05) is 36.7 Å². The third-order valence-electron chi connectivity index (χ3n) is 3.37. The van der Waals surface area contributed by atoms with Gasteiger partial charge in [-0.15, -0.1) is 0 Å². The van der Waals surface area contributed by atoms with Gasteiger partial charge in [0.1, 0.15) is 5.69 Å². The van der Waals surface area contributed by atoms with Gasteiger partial charge in [0, 0.05) is 13.7 Å². The molecule has 108 valence electrons. The zero-order valence-corrected chi connectivity index (χ0v) is 12.2. The number of anilines is 1. The maximum Gasteiger partial charge on any atom is 0.290 e. The van der Waals surface area contributed by atoms with E-state index in [1.54, 1.807) is 11.8 Å². The summed E-state index contributed by atoms with van der Waals surface area (Å²) in [5.74, 6) is 0. The van der Waals surface area contributed by atoms with Gasteiger partial charge in [-0.3, -0.25) is 9.48 Å². The molecule has 0 aliphatic heterocycles. The van der Waals surface area contributed by atoms with Crippen LogP contribution in [0.3, 0.4) is 0 Å². The Morgan fingerprint density at radius 2 is 2.05 bits per heavy atom. The lowest BCUT2D eigenvalue weighted by molar-refractivity contribution is 0.175. The van der Waals surface area contributed by atoms with Crippen LogP contribution < -0.4 is 11.3 Å². The standard InChI is InChI=1S/C15H21N3O2/c1-4-17-13(10-20-3)14(16)15(19)18(17)9-12-7-5-6-11(2)8-12/h5-8H,4,9-10,16H2,1-3H3. The van der Waals surface area contributed by atoms with Crippen LogP contribution in [-0.2, 0) is 24.4 Å². The van der Waals surface area contributed by atoms with Crippen LogP contribution in [0.25, 0.3) is 0 Å². The number of aryl methyl sites for hydroxylation is 1. The van der Waals surface area contributed by atoms with E-state index in [1.165, 1.54) is 5.56 Å². The normalized spacial score (nSPS) is 10.9. The second kappa shape index (κ2) is 5.96. The summed E-state index contributed by atoms with van der Waals surface area (Å²) in [6, 6.07) is 8.12. The molecule has 0 spiro atoms. The Morgan fingerprint density at radius 3 is 2.65 bits per heavy atom. The highest BCUT2D eigenvalue weighted by atomic mass is 16.5. The molecule has 20 heavy (non-hydrogen) atoms. The Bertz CT molecular complexity index is 656. The molecule has 0 unspecified atom stereocenters. The zero-order chi connectivity index (χ0) is 14.7. The molecule has 0 bridgehead atoms. The monoisotopic (exact) mass is 275 g/mol. The molecule has 5 nitrogen and oxygen atoms in total. The van der Waals surface area contributed by atoms with Crippen LogP contribution in [0, 0.1) is 6.92 Å². The van der Waals surface area contributed by atoms with E-state index in [0.29, 0.717) is 19.7 Å². The highest BCUT2D eigenvalue weighted by molar-refractivity contribution is 5.41. The van der Waals surface area contributed by atoms with Crippen molar-refractivity contribution in [1.29, 1.82) is 0 Å². The topological polar surface area (TPSA) is 62.2 Å². The first-order valence-electron chi connectivity index (χ1n) is 6.70. The fourth-order valence-electron chi connectivity index (χ4n) is 2.45. The Hall–Kier alpha value is -2.01. The van der Waals surface area contributed by atoms with Crippen molar-refractivity contribution in [1.82, 2.24) is 9.36 Å². The molecule has 0 aliphatic rings. The molecule has 0 amide bonds. The summed E-state index contributed by atoms with van der Waals surface area (Å²) in [6.07, 6.45) is 0. The molecule has 0 fully saturated rings. The van der Waals surface area contributed by atoms with Crippen LogP contribution >= 0.6 is 0 Å². The van der Waals surface area contributed by atoms with Crippen LogP contribution in [-0.4, -0.2) is 16.5 Å². The third-order valence-corrected chi connectivity index (χ3v) is 3.37. The maximum absolute atomic E-state index is 12.3. The van der Waals surface area contributed by atoms with Gasteiger partial charge in [-0.1, -0.05) is 29.8 Å². The lowest BCUT2D eigenvalue weighted by Crippen LogP contribution is -2.24. The number of nitrogens with two attached hydrogens (primary N) is 1. The predicted octanol–water partition coefficient (Wildman–Crippen LogP) is 1.76. The van der Waals surface area contributed by atoms with E-state index < -0.39 is 0 Å².